The summed E-state index contributed by atoms with van der Waals surface area (Å²) in [7, 11) is 0. The van der Waals surface area contributed by atoms with Gasteiger partial charge in [-0.15, -0.1) is 0 Å². The molecule has 64 valence electrons. The summed E-state index contributed by atoms with van der Waals surface area (Å²) in [5, 5.41) is 0. The maximum Gasteiger partial charge on any atom is 0.0378 e. The van der Waals surface area contributed by atoms with Gasteiger partial charge in [0.2, 0.25) is 0 Å². The van der Waals surface area contributed by atoms with Crippen LogP contribution in [0.25, 0.3) is 0 Å². The lowest BCUT2D eigenvalue weighted by atomic mass is 9.98. The molecular weight excluding hydrogens is 136 g/mol. The molecule has 0 aromatic heterocycles. The topological polar surface area (TPSA) is 24.1 Å². The van der Waals surface area contributed by atoms with E-state index in [-0.39, 0.29) is 0 Å². The molecule has 2 heteroatoms. The third-order valence-corrected chi connectivity index (χ3v) is 2.12. The molecule has 2 rings (SSSR count). The first kappa shape index (κ1) is 8.60. The van der Waals surface area contributed by atoms with Crippen molar-refractivity contribution in [2.75, 3.05) is 6.54 Å². The Morgan fingerprint density at radius 1 is 1.09 bits per heavy atom. The van der Waals surface area contributed by atoms with E-state index in [0.717, 1.165) is 6.54 Å². The Kier molecular flexibility index (Phi) is 3.43. The second-order valence-electron chi connectivity index (χ2n) is 2.77. The molecule has 2 N–H and O–H groups in total. The molecule has 1 aliphatic carbocycles. The summed E-state index contributed by atoms with van der Waals surface area (Å²) in [5.74, 6) is 0. The molecule has 0 amide bonds. The van der Waals surface area contributed by atoms with Gasteiger partial charge in [0.05, 0.1) is 0 Å². The van der Waals surface area contributed by atoms with Crippen LogP contribution in [0.3, 0.4) is 0 Å². The largest absolute Gasteiger partial charge is 0.325 e. The molecular formula is C9H18N2. The predicted molar refractivity (Wildman–Crippen MR) is 48.0 cm³/mol. The molecule has 0 aromatic carbocycles. The fraction of sp³-hybridized carbons (Fsp3) is 0.778. The highest BCUT2D eigenvalue weighted by Gasteiger charge is 2.15. The average molecular weight is 154 g/mol. The van der Waals surface area contributed by atoms with Crippen molar-refractivity contribution < 1.29 is 0 Å². The molecule has 0 fully saturated rings. The summed E-state index contributed by atoms with van der Waals surface area (Å²) in [5.41, 5.74) is 9.41. The second kappa shape index (κ2) is 4.39. The fourth-order valence-corrected chi connectivity index (χ4v) is 1.57. The number of rotatable bonds is 0. The number of hydrazine groups is 1. The van der Waals surface area contributed by atoms with Gasteiger partial charge in [0.15, 0.2) is 0 Å². The Morgan fingerprint density at radius 2 is 1.82 bits per heavy atom. The molecule has 11 heavy (non-hydrogen) atoms. The molecule has 1 aliphatic heterocycles. The zero-order chi connectivity index (χ0) is 8.10. The van der Waals surface area contributed by atoms with E-state index >= 15 is 0 Å². The van der Waals surface area contributed by atoms with Crippen LogP contribution in [0.1, 0.15) is 39.5 Å². The fourth-order valence-electron chi connectivity index (χ4n) is 1.57. The molecule has 0 radical (unpaired) electrons. The second-order valence-corrected chi connectivity index (χ2v) is 2.77. The Labute approximate surface area is 69.0 Å². The standard InChI is InChI=1S/C7H12N2.C2H6/c1-2-4-7-6(3-1)5-8-9-7;1-2/h8-9H,1-5H2;1-2H3. The van der Waals surface area contributed by atoms with Gasteiger partial charge >= 0.3 is 0 Å². The summed E-state index contributed by atoms with van der Waals surface area (Å²) in [6.45, 7) is 5.08. The van der Waals surface area contributed by atoms with Crippen LogP contribution in [0.15, 0.2) is 11.3 Å². The van der Waals surface area contributed by atoms with Gasteiger partial charge in [-0.25, -0.2) is 5.43 Å². The summed E-state index contributed by atoms with van der Waals surface area (Å²) in [6.07, 6.45) is 5.34. The van der Waals surface area contributed by atoms with Crippen LogP contribution in [-0.2, 0) is 0 Å². The normalized spacial score (nSPS) is 21.6. The summed E-state index contributed by atoms with van der Waals surface area (Å²) in [6, 6.07) is 0. The van der Waals surface area contributed by atoms with Gasteiger partial charge in [-0.3, -0.25) is 0 Å². The predicted octanol–water partition coefficient (Wildman–Crippen LogP) is 1.95. The van der Waals surface area contributed by atoms with Crippen molar-refractivity contribution in [1.82, 2.24) is 10.9 Å². The van der Waals surface area contributed by atoms with E-state index in [1.165, 1.54) is 31.4 Å². The quantitative estimate of drug-likeness (QED) is 0.557. The lowest BCUT2D eigenvalue weighted by Gasteiger charge is -2.11. The Hall–Kier alpha value is -0.500. The number of hydrogen-bond donors (Lipinski definition) is 2. The maximum absolute atomic E-state index is 3.19. The van der Waals surface area contributed by atoms with E-state index in [4.69, 9.17) is 0 Å². The van der Waals surface area contributed by atoms with Gasteiger partial charge in [-0.1, -0.05) is 13.8 Å². The van der Waals surface area contributed by atoms with E-state index in [1.807, 2.05) is 13.8 Å². The molecule has 0 spiro atoms. The van der Waals surface area contributed by atoms with Gasteiger partial charge in [0.1, 0.15) is 0 Å². The van der Waals surface area contributed by atoms with Crippen LogP contribution in [0.5, 0.6) is 0 Å². The van der Waals surface area contributed by atoms with E-state index in [2.05, 4.69) is 10.9 Å². The molecule has 0 unspecified atom stereocenters. The molecule has 0 saturated carbocycles. The van der Waals surface area contributed by atoms with E-state index in [9.17, 15) is 0 Å². The van der Waals surface area contributed by atoms with Gasteiger partial charge in [-0.2, -0.15) is 0 Å². The zero-order valence-corrected chi connectivity index (χ0v) is 7.54. The van der Waals surface area contributed by atoms with Crippen molar-refractivity contribution in [2.24, 2.45) is 0 Å². The number of hydrogen-bond acceptors (Lipinski definition) is 2. The number of nitrogens with one attached hydrogen (secondary N) is 2. The molecule has 0 saturated heterocycles. The van der Waals surface area contributed by atoms with Crippen molar-refractivity contribution in [3.8, 4) is 0 Å². The first-order valence-electron chi connectivity index (χ1n) is 4.66. The first-order valence-corrected chi connectivity index (χ1v) is 4.66. The van der Waals surface area contributed by atoms with E-state index in [0.29, 0.717) is 0 Å². The Bertz CT molecular complexity index is 134. The highest BCUT2D eigenvalue weighted by atomic mass is 15.4. The molecule has 0 aromatic rings. The van der Waals surface area contributed by atoms with Crippen LogP contribution >= 0.6 is 0 Å². The van der Waals surface area contributed by atoms with Crippen LogP contribution < -0.4 is 10.9 Å². The lowest BCUT2D eigenvalue weighted by Crippen LogP contribution is -2.23. The van der Waals surface area contributed by atoms with Crippen molar-refractivity contribution in [2.45, 2.75) is 39.5 Å². The average Bonchev–Trinajstić information content (AvgIpc) is 2.55. The zero-order valence-electron chi connectivity index (χ0n) is 7.54. The van der Waals surface area contributed by atoms with E-state index in [1.54, 1.807) is 5.57 Å². The Morgan fingerprint density at radius 3 is 2.55 bits per heavy atom. The molecule has 2 aliphatic rings. The maximum atomic E-state index is 3.19. The summed E-state index contributed by atoms with van der Waals surface area (Å²) in [4.78, 5) is 0. The van der Waals surface area contributed by atoms with Crippen LogP contribution in [0.4, 0.5) is 0 Å². The van der Waals surface area contributed by atoms with Crippen molar-refractivity contribution in [1.29, 1.82) is 0 Å². The number of allylic oxidation sites excluding steroid dienone is 1. The summed E-state index contributed by atoms with van der Waals surface area (Å²) >= 11 is 0. The van der Waals surface area contributed by atoms with Gasteiger partial charge in [0.25, 0.3) is 0 Å². The van der Waals surface area contributed by atoms with Gasteiger partial charge in [-0.05, 0) is 31.3 Å². The van der Waals surface area contributed by atoms with Crippen molar-refractivity contribution in [3.05, 3.63) is 11.3 Å². The monoisotopic (exact) mass is 154 g/mol. The van der Waals surface area contributed by atoms with Crippen molar-refractivity contribution >= 4 is 0 Å². The van der Waals surface area contributed by atoms with Crippen LogP contribution in [-0.4, -0.2) is 6.54 Å². The van der Waals surface area contributed by atoms with Crippen molar-refractivity contribution in [3.63, 3.8) is 0 Å². The third-order valence-electron chi connectivity index (χ3n) is 2.12. The molecule has 0 bridgehead atoms. The SMILES string of the molecule is C1CCC2=C(C1)CNN2.CC. The minimum Gasteiger partial charge on any atom is -0.325 e. The molecule has 0 atom stereocenters. The van der Waals surface area contributed by atoms with E-state index < -0.39 is 0 Å². The molecule has 1 heterocycles. The van der Waals surface area contributed by atoms with Gasteiger partial charge < -0.3 is 5.43 Å². The third kappa shape index (κ3) is 1.96. The minimum absolute atomic E-state index is 1.08. The minimum atomic E-state index is 1.08. The smallest absolute Gasteiger partial charge is 0.0378 e. The highest BCUT2D eigenvalue weighted by Crippen LogP contribution is 2.23. The highest BCUT2D eigenvalue weighted by molar-refractivity contribution is 5.19. The molecule has 2 nitrogen and oxygen atoms in total. The first-order chi connectivity index (χ1) is 5.47. The van der Waals surface area contributed by atoms with Gasteiger partial charge in [0, 0.05) is 12.2 Å². The summed E-state index contributed by atoms with van der Waals surface area (Å²) < 4.78 is 0. The van der Waals surface area contributed by atoms with Crippen LogP contribution in [0, 0.1) is 0 Å². The lowest BCUT2D eigenvalue weighted by molar-refractivity contribution is 0.641. The van der Waals surface area contributed by atoms with Crippen LogP contribution in [0.2, 0.25) is 0 Å². The Balaban J connectivity index is 0.000000281.